The number of hydrogen-bond donors (Lipinski definition) is 0. The van der Waals surface area contributed by atoms with E-state index in [4.69, 9.17) is 9.31 Å². The summed E-state index contributed by atoms with van der Waals surface area (Å²) in [6.45, 7) is 8.31. The topological polar surface area (TPSA) is 70.4 Å². The lowest BCUT2D eigenvalue weighted by molar-refractivity contribution is 0.137. The van der Waals surface area contributed by atoms with E-state index in [0.717, 1.165) is 0 Å². The van der Waals surface area contributed by atoms with Crippen LogP contribution in [0.5, 0.6) is 0 Å². The van der Waals surface area contributed by atoms with Crippen LogP contribution >= 0.6 is 0 Å². The third-order valence-corrected chi connectivity index (χ3v) is 5.79. The molecule has 1 aromatic carbocycles. The predicted molar refractivity (Wildman–Crippen MR) is 107 cm³/mol. The van der Waals surface area contributed by atoms with Crippen LogP contribution in [-0.4, -0.2) is 36.7 Å². The Bertz CT molecular complexity index is 1030. The number of nitrogens with zero attached hydrogens (tertiary/aromatic N) is 2. The zero-order valence-electron chi connectivity index (χ0n) is 15.9. The van der Waals surface area contributed by atoms with Crippen LogP contribution in [0.15, 0.2) is 59.8 Å². The van der Waals surface area contributed by atoms with Gasteiger partial charge < -0.3 is 9.31 Å². The molecule has 4 rings (SSSR count). The van der Waals surface area contributed by atoms with Crippen molar-refractivity contribution in [2.24, 2.45) is 0 Å². The van der Waals surface area contributed by atoms with Gasteiger partial charge in [-0.25, -0.2) is 17.4 Å². The Balaban J connectivity index is 0.00000102. The number of pyridine rings is 1. The van der Waals surface area contributed by atoms with Crippen LogP contribution in [0, 0.1) is 0 Å². The summed E-state index contributed by atoms with van der Waals surface area (Å²) in [5.41, 5.74) is 0.603. The molecule has 3 heterocycles. The summed E-state index contributed by atoms with van der Waals surface area (Å²) in [6, 6.07) is 11.9. The van der Waals surface area contributed by atoms with Gasteiger partial charge in [0.25, 0.3) is 10.0 Å². The molecule has 2 aromatic heterocycles. The lowest BCUT2D eigenvalue weighted by Gasteiger charge is -2.15. The van der Waals surface area contributed by atoms with Crippen molar-refractivity contribution >= 4 is 33.6 Å². The first-order valence-corrected chi connectivity index (χ1v) is 10.4. The van der Waals surface area contributed by atoms with Gasteiger partial charge in [0.1, 0.15) is 0 Å². The molecule has 0 unspecified atom stereocenters. The van der Waals surface area contributed by atoms with Crippen molar-refractivity contribution in [3.8, 4) is 0 Å². The molecule has 0 aliphatic carbocycles. The minimum absolute atomic E-state index is 0.206. The van der Waals surface area contributed by atoms with E-state index in [-0.39, 0.29) is 4.90 Å². The average Bonchev–Trinajstić information content (AvgIpc) is 3.24. The van der Waals surface area contributed by atoms with Crippen LogP contribution in [0.2, 0.25) is 0 Å². The van der Waals surface area contributed by atoms with Crippen molar-refractivity contribution in [1.82, 2.24) is 8.96 Å². The van der Waals surface area contributed by atoms with Crippen molar-refractivity contribution in [1.29, 1.82) is 0 Å². The lowest BCUT2D eigenvalue weighted by atomic mass is 9.79. The maximum Gasteiger partial charge on any atom is 0.496 e. The molecule has 27 heavy (non-hydrogen) atoms. The summed E-state index contributed by atoms with van der Waals surface area (Å²) in [5.74, 6) is 0. The van der Waals surface area contributed by atoms with Crippen LogP contribution in [0.25, 0.3) is 11.0 Å². The quantitative estimate of drug-likeness (QED) is 0.648. The fourth-order valence-electron chi connectivity index (χ4n) is 2.92. The molecular weight excluding hydrogens is 363 g/mol. The van der Waals surface area contributed by atoms with Gasteiger partial charge in [0.2, 0.25) is 0 Å². The molecule has 3 aromatic rings. The van der Waals surface area contributed by atoms with E-state index in [2.05, 4.69) is 4.98 Å². The van der Waals surface area contributed by atoms with Gasteiger partial charge in [0.15, 0.2) is 5.65 Å². The minimum atomic E-state index is -3.76. The Morgan fingerprint density at radius 1 is 1.11 bits per heavy atom. The van der Waals surface area contributed by atoms with E-state index in [1.807, 2.05) is 33.8 Å². The van der Waals surface area contributed by atoms with Gasteiger partial charge in [0.05, 0.1) is 17.1 Å². The van der Waals surface area contributed by atoms with E-state index in [0.29, 0.717) is 23.1 Å². The van der Waals surface area contributed by atoms with Crippen LogP contribution < -0.4 is 5.46 Å². The standard InChI is InChI=1S/C17H17BN2O4S.C2H6/c1-17(2)12-23-18(24-17)15-11-20(16-14(15)9-6-10-19-16)25(21,22)13-7-4-3-5-8-13;1-2/h3-11H,12H2,1-2H3;1-2H3. The number of rotatable bonds is 3. The average molecular weight is 386 g/mol. The van der Waals surface area contributed by atoms with E-state index in [1.165, 1.54) is 3.97 Å². The van der Waals surface area contributed by atoms with Gasteiger partial charge in [-0.2, -0.15) is 0 Å². The molecule has 0 bridgehead atoms. The molecule has 0 N–H and O–H groups in total. The molecule has 1 fully saturated rings. The first-order valence-electron chi connectivity index (χ1n) is 8.94. The van der Waals surface area contributed by atoms with Crippen LogP contribution in [-0.2, 0) is 19.3 Å². The molecule has 0 atom stereocenters. The summed E-state index contributed by atoms with van der Waals surface area (Å²) in [5, 5.41) is 0.699. The van der Waals surface area contributed by atoms with E-state index >= 15 is 0 Å². The minimum Gasteiger partial charge on any atom is -0.404 e. The number of benzene rings is 1. The normalized spacial score (nSPS) is 16.2. The van der Waals surface area contributed by atoms with E-state index in [9.17, 15) is 8.42 Å². The molecule has 1 aliphatic heterocycles. The fraction of sp³-hybridized carbons (Fsp3) is 0.316. The van der Waals surface area contributed by atoms with Crippen molar-refractivity contribution < 1.29 is 17.7 Å². The fourth-order valence-corrected chi connectivity index (χ4v) is 4.27. The first kappa shape index (κ1) is 19.6. The summed E-state index contributed by atoms with van der Waals surface area (Å²) in [6.07, 6.45) is 3.12. The van der Waals surface area contributed by atoms with Crippen LogP contribution in [0.4, 0.5) is 0 Å². The molecule has 1 saturated heterocycles. The van der Waals surface area contributed by atoms with Crippen molar-refractivity contribution in [3.63, 3.8) is 0 Å². The highest BCUT2D eigenvalue weighted by molar-refractivity contribution is 7.90. The number of aromatic nitrogens is 2. The Hall–Kier alpha value is -2.16. The molecule has 0 saturated carbocycles. The summed E-state index contributed by atoms with van der Waals surface area (Å²) in [4.78, 5) is 4.48. The summed E-state index contributed by atoms with van der Waals surface area (Å²) >= 11 is 0. The van der Waals surface area contributed by atoms with Crippen molar-refractivity contribution in [2.45, 2.75) is 38.2 Å². The second-order valence-corrected chi connectivity index (χ2v) is 8.41. The highest BCUT2D eigenvalue weighted by Gasteiger charge is 2.40. The smallest absolute Gasteiger partial charge is 0.404 e. The molecule has 0 radical (unpaired) electrons. The molecule has 0 amide bonds. The van der Waals surface area contributed by atoms with Gasteiger partial charge in [-0.05, 0) is 38.1 Å². The SMILES string of the molecule is CC.CC1(C)COB(c2cn(S(=O)(=O)c3ccccc3)c3ncccc23)O1. The van der Waals surface area contributed by atoms with Gasteiger partial charge in [-0.1, -0.05) is 32.0 Å². The zero-order valence-corrected chi connectivity index (χ0v) is 16.7. The monoisotopic (exact) mass is 386 g/mol. The molecule has 0 spiro atoms. The lowest BCUT2D eigenvalue weighted by Crippen LogP contribution is -2.34. The maximum absolute atomic E-state index is 13.0. The predicted octanol–water partition coefficient (Wildman–Crippen LogP) is 2.82. The van der Waals surface area contributed by atoms with Gasteiger partial charge in [-0.15, -0.1) is 0 Å². The summed E-state index contributed by atoms with van der Waals surface area (Å²) in [7, 11) is -4.38. The largest absolute Gasteiger partial charge is 0.496 e. The van der Waals surface area contributed by atoms with E-state index < -0.39 is 22.7 Å². The maximum atomic E-state index is 13.0. The number of hydrogen-bond acceptors (Lipinski definition) is 5. The van der Waals surface area contributed by atoms with Crippen molar-refractivity contribution in [2.75, 3.05) is 6.61 Å². The Labute approximate surface area is 160 Å². The highest BCUT2D eigenvalue weighted by Crippen LogP contribution is 2.24. The Morgan fingerprint density at radius 2 is 1.81 bits per heavy atom. The van der Waals surface area contributed by atoms with E-state index in [1.54, 1.807) is 48.8 Å². The van der Waals surface area contributed by atoms with Gasteiger partial charge in [0, 0.05) is 23.2 Å². The van der Waals surface area contributed by atoms with Crippen molar-refractivity contribution in [3.05, 3.63) is 54.9 Å². The molecule has 1 aliphatic rings. The molecule has 6 nitrogen and oxygen atoms in total. The molecule has 8 heteroatoms. The Morgan fingerprint density at radius 3 is 2.44 bits per heavy atom. The second kappa shape index (κ2) is 7.46. The summed E-state index contributed by atoms with van der Waals surface area (Å²) < 4.78 is 38.9. The zero-order chi connectivity index (χ0) is 19.7. The number of fused-ring (bicyclic) bond motifs is 1. The third kappa shape index (κ3) is 3.65. The second-order valence-electron chi connectivity index (χ2n) is 6.59. The van der Waals surface area contributed by atoms with Crippen LogP contribution in [0.1, 0.15) is 27.7 Å². The third-order valence-electron chi connectivity index (χ3n) is 4.13. The highest BCUT2D eigenvalue weighted by atomic mass is 32.2. The van der Waals surface area contributed by atoms with Crippen LogP contribution in [0.3, 0.4) is 0 Å². The Kier molecular flexibility index (Phi) is 5.42. The molecule has 142 valence electrons. The van der Waals surface area contributed by atoms with Gasteiger partial charge in [-0.3, -0.25) is 0 Å². The first-order chi connectivity index (χ1) is 12.9. The molecular formula is C19H23BN2O4S. The van der Waals surface area contributed by atoms with Gasteiger partial charge >= 0.3 is 7.12 Å².